The van der Waals surface area contributed by atoms with Gasteiger partial charge in [0.05, 0.1) is 0 Å². The molecule has 1 aromatic rings. The standard InChI is InChI=1S/C12H15BrCl2S/c1-16-7-6-12(8-14,9-15)10-4-2-3-5-11(10)13/h2-5H,6-9H2,1H3. The van der Waals surface area contributed by atoms with Crippen LogP contribution in [0.15, 0.2) is 28.7 Å². The summed E-state index contributed by atoms with van der Waals surface area (Å²) >= 11 is 17.7. The number of benzene rings is 1. The zero-order valence-corrected chi connectivity index (χ0v) is 13.1. The Hall–Kier alpha value is 0.630. The van der Waals surface area contributed by atoms with Gasteiger partial charge in [-0.25, -0.2) is 0 Å². The van der Waals surface area contributed by atoms with Crippen molar-refractivity contribution in [3.63, 3.8) is 0 Å². The van der Waals surface area contributed by atoms with E-state index in [4.69, 9.17) is 23.2 Å². The zero-order chi connectivity index (χ0) is 12.0. The molecule has 0 atom stereocenters. The van der Waals surface area contributed by atoms with Gasteiger partial charge in [0.1, 0.15) is 0 Å². The van der Waals surface area contributed by atoms with Crippen molar-refractivity contribution >= 4 is 50.9 Å². The largest absolute Gasteiger partial charge is 0.165 e. The Balaban J connectivity index is 3.05. The van der Waals surface area contributed by atoms with Crippen molar-refractivity contribution < 1.29 is 0 Å². The Labute approximate surface area is 120 Å². The molecule has 90 valence electrons. The van der Waals surface area contributed by atoms with E-state index in [1.807, 2.05) is 30.0 Å². The van der Waals surface area contributed by atoms with Gasteiger partial charge >= 0.3 is 0 Å². The average molecular weight is 342 g/mol. The number of thioether (sulfide) groups is 1. The van der Waals surface area contributed by atoms with E-state index < -0.39 is 0 Å². The number of hydrogen-bond acceptors (Lipinski definition) is 1. The van der Waals surface area contributed by atoms with Crippen LogP contribution in [0, 0.1) is 0 Å². The fourth-order valence-corrected chi connectivity index (χ4v) is 3.78. The second kappa shape index (κ2) is 7.15. The van der Waals surface area contributed by atoms with Crippen LogP contribution in [-0.4, -0.2) is 23.8 Å². The van der Waals surface area contributed by atoms with Crippen LogP contribution in [0.4, 0.5) is 0 Å². The van der Waals surface area contributed by atoms with Crippen molar-refractivity contribution in [2.45, 2.75) is 11.8 Å². The molecular weight excluding hydrogens is 327 g/mol. The maximum absolute atomic E-state index is 6.15. The van der Waals surface area contributed by atoms with Crippen molar-refractivity contribution in [3.05, 3.63) is 34.3 Å². The molecule has 1 rings (SSSR count). The summed E-state index contributed by atoms with van der Waals surface area (Å²) in [5.74, 6) is 2.18. The first-order valence-electron chi connectivity index (χ1n) is 5.06. The number of hydrogen-bond donors (Lipinski definition) is 0. The Kier molecular flexibility index (Phi) is 6.57. The van der Waals surface area contributed by atoms with Gasteiger partial charge < -0.3 is 0 Å². The highest BCUT2D eigenvalue weighted by Crippen LogP contribution is 2.36. The van der Waals surface area contributed by atoms with Crippen molar-refractivity contribution in [1.29, 1.82) is 0 Å². The minimum atomic E-state index is -0.119. The molecule has 0 spiro atoms. The smallest absolute Gasteiger partial charge is 0.0332 e. The van der Waals surface area contributed by atoms with Gasteiger partial charge in [0.25, 0.3) is 0 Å². The Bertz CT molecular complexity index is 327. The third-order valence-electron chi connectivity index (χ3n) is 2.74. The van der Waals surface area contributed by atoms with E-state index >= 15 is 0 Å². The maximum Gasteiger partial charge on any atom is 0.0332 e. The maximum atomic E-state index is 6.15. The van der Waals surface area contributed by atoms with Crippen LogP contribution in [0.25, 0.3) is 0 Å². The molecule has 0 saturated carbocycles. The predicted molar refractivity (Wildman–Crippen MR) is 80.3 cm³/mol. The highest BCUT2D eigenvalue weighted by molar-refractivity contribution is 9.10. The van der Waals surface area contributed by atoms with Gasteiger partial charge in [0.2, 0.25) is 0 Å². The van der Waals surface area contributed by atoms with E-state index in [1.165, 1.54) is 5.56 Å². The van der Waals surface area contributed by atoms with E-state index in [0.717, 1.165) is 16.6 Å². The average Bonchev–Trinajstić information content (AvgIpc) is 2.33. The van der Waals surface area contributed by atoms with Crippen molar-refractivity contribution in [1.82, 2.24) is 0 Å². The molecule has 0 unspecified atom stereocenters. The minimum absolute atomic E-state index is 0.119. The third kappa shape index (κ3) is 3.32. The summed E-state index contributed by atoms with van der Waals surface area (Å²) in [4.78, 5) is 0. The third-order valence-corrected chi connectivity index (χ3v) is 5.07. The highest BCUT2D eigenvalue weighted by atomic mass is 79.9. The summed E-state index contributed by atoms with van der Waals surface area (Å²) in [6.45, 7) is 0. The Morgan fingerprint density at radius 1 is 1.25 bits per heavy atom. The lowest BCUT2D eigenvalue weighted by Gasteiger charge is -2.31. The van der Waals surface area contributed by atoms with Crippen LogP contribution >= 0.6 is 50.9 Å². The fourth-order valence-electron chi connectivity index (χ4n) is 1.64. The lowest BCUT2D eigenvalue weighted by atomic mass is 9.82. The van der Waals surface area contributed by atoms with Crippen LogP contribution in [0.3, 0.4) is 0 Å². The van der Waals surface area contributed by atoms with Gasteiger partial charge in [-0.2, -0.15) is 11.8 Å². The normalized spacial score (nSPS) is 11.8. The number of alkyl halides is 2. The highest BCUT2D eigenvalue weighted by Gasteiger charge is 2.31. The van der Waals surface area contributed by atoms with E-state index in [-0.39, 0.29) is 5.41 Å². The molecule has 4 heteroatoms. The van der Waals surface area contributed by atoms with Crippen LogP contribution in [0.5, 0.6) is 0 Å². The SMILES string of the molecule is CSCCC(CCl)(CCl)c1ccccc1Br. The Morgan fingerprint density at radius 3 is 2.38 bits per heavy atom. The summed E-state index contributed by atoms with van der Waals surface area (Å²) in [6, 6.07) is 8.19. The molecule has 0 aromatic heterocycles. The van der Waals surface area contributed by atoms with Gasteiger partial charge in [0, 0.05) is 21.6 Å². The molecule has 0 fully saturated rings. The monoisotopic (exact) mass is 340 g/mol. The molecule has 0 saturated heterocycles. The molecule has 0 nitrogen and oxygen atoms in total. The van der Waals surface area contributed by atoms with Crippen LogP contribution in [0.1, 0.15) is 12.0 Å². The lowest BCUT2D eigenvalue weighted by molar-refractivity contribution is 0.522. The summed E-state index contributed by atoms with van der Waals surface area (Å²) in [5, 5.41) is 0. The van der Waals surface area contributed by atoms with Crippen LogP contribution in [-0.2, 0) is 5.41 Å². The molecule has 1 aromatic carbocycles. The van der Waals surface area contributed by atoms with Crippen LogP contribution in [0.2, 0.25) is 0 Å². The molecular formula is C12H15BrCl2S. The summed E-state index contributed by atoms with van der Waals surface area (Å²) in [6.07, 6.45) is 3.11. The van der Waals surface area contributed by atoms with Crippen molar-refractivity contribution in [2.75, 3.05) is 23.8 Å². The van der Waals surface area contributed by atoms with Gasteiger partial charge in [-0.05, 0) is 30.1 Å². The second-order valence-electron chi connectivity index (χ2n) is 3.77. The van der Waals surface area contributed by atoms with Crippen molar-refractivity contribution in [2.24, 2.45) is 0 Å². The molecule has 0 bridgehead atoms. The Morgan fingerprint density at radius 2 is 1.88 bits per heavy atom. The topological polar surface area (TPSA) is 0 Å². The fraction of sp³-hybridized carbons (Fsp3) is 0.500. The van der Waals surface area contributed by atoms with Crippen LogP contribution < -0.4 is 0 Å². The van der Waals surface area contributed by atoms with Gasteiger partial charge in [0.15, 0.2) is 0 Å². The molecule has 0 N–H and O–H groups in total. The molecule has 0 aliphatic rings. The summed E-state index contributed by atoms with van der Waals surface area (Å²) < 4.78 is 1.09. The van der Waals surface area contributed by atoms with Crippen molar-refractivity contribution in [3.8, 4) is 0 Å². The number of halogens is 3. The zero-order valence-electron chi connectivity index (χ0n) is 9.18. The first kappa shape index (κ1) is 14.7. The molecule has 0 aliphatic heterocycles. The first-order chi connectivity index (χ1) is 7.70. The molecule has 0 aliphatic carbocycles. The molecule has 0 amide bonds. The lowest BCUT2D eigenvalue weighted by Crippen LogP contribution is -2.31. The minimum Gasteiger partial charge on any atom is -0.165 e. The molecule has 0 heterocycles. The van der Waals surface area contributed by atoms with Gasteiger partial charge in [-0.15, -0.1) is 23.2 Å². The molecule has 0 radical (unpaired) electrons. The number of rotatable bonds is 6. The first-order valence-corrected chi connectivity index (χ1v) is 8.31. The van der Waals surface area contributed by atoms with E-state index in [0.29, 0.717) is 11.8 Å². The summed E-state index contributed by atoms with van der Waals surface area (Å²) in [7, 11) is 0. The van der Waals surface area contributed by atoms with Gasteiger partial charge in [-0.1, -0.05) is 34.1 Å². The quantitative estimate of drug-likeness (QED) is 0.662. The van der Waals surface area contributed by atoms with E-state index in [1.54, 1.807) is 0 Å². The van der Waals surface area contributed by atoms with Gasteiger partial charge in [-0.3, -0.25) is 0 Å². The second-order valence-corrected chi connectivity index (χ2v) is 6.14. The van der Waals surface area contributed by atoms with E-state index in [2.05, 4.69) is 28.3 Å². The molecule has 16 heavy (non-hydrogen) atoms. The summed E-state index contributed by atoms with van der Waals surface area (Å²) in [5.41, 5.74) is 1.10. The van der Waals surface area contributed by atoms with E-state index in [9.17, 15) is 0 Å². The predicted octanol–water partition coefficient (Wildman–Crippen LogP) is 4.92.